The summed E-state index contributed by atoms with van der Waals surface area (Å²) in [6.45, 7) is 1.08. The Morgan fingerprint density at radius 3 is 2.96 bits per heavy atom. The van der Waals surface area contributed by atoms with Crippen LogP contribution in [0.2, 0.25) is 0 Å². The van der Waals surface area contributed by atoms with E-state index >= 15 is 0 Å². The number of rotatable bonds is 4. The van der Waals surface area contributed by atoms with E-state index < -0.39 is 0 Å². The van der Waals surface area contributed by atoms with Crippen LogP contribution in [-0.2, 0) is 6.61 Å². The molecule has 1 atom stereocenters. The molecule has 0 unspecified atom stereocenters. The number of aliphatic hydroxyl groups excluding tert-OH is 2. The zero-order valence-corrected chi connectivity index (χ0v) is 13.3. The van der Waals surface area contributed by atoms with Gasteiger partial charge < -0.3 is 15.1 Å². The Balaban J connectivity index is 1.81. The van der Waals surface area contributed by atoms with Crippen LogP contribution in [0.25, 0.3) is 16.8 Å². The smallest absolute Gasteiger partial charge is 0.165 e. The normalized spacial score (nSPS) is 17.8. The third kappa shape index (κ3) is 2.44. The largest absolute Gasteiger partial charge is 0.394 e. The molecule has 2 N–H and O–H groups in total. The van der Waals surface area contributed by atoms with Gasteiger partial charge in [-0.25, -0.2) is 4.98 Å². The molecule has 1 aliphatic rings. The molecule has 1 fully saturated rings. The molecule has 0 saturated carbocycles. The molecule has 6 nitrogen and oxygen atoms in total. The Morgan fingerprint density at radius 2 is 2.12 bits per heavy atom. The first-order chi connectivity index (χ1) is 11.8. The maximum atomic E-state index is 9.60. The van der Waals surface area contributed by atoms with Crippen LogP contribution in [-0.4, -0.2) is 44.0 Å². The quantitative estimate of drug-likeness (QED) is 0.766. The Bertz CT molecular complexity index is 861. The summed E-state index contributed by atoms with van der Waals surface area (Å²) >= 11 is 0. The minimum atomic E-state index is 0.0116. The monoisotopic (exact) mass is 324 g/mol. The van der Waals surface area contributed by atoms with Gasteiger partial charge in [-0.2, -0.15) is 9.61 Å². The fourth-order valence-corrected chi connectivity index (χ4v) is 3.46. The van der Waals surface area contributed by atoms with Gasteiger partial charge in [-0.1, -0.05) is 18.2 Å². The molecular weight excluding hydrogens is 304 g/mol. The van der Waals surface area contributed by atoms with Gasteiger partial charge in [-0.05, 0) is 36.1 Å². The standard InChI is InChI=1S/C18H20N4O2/c23-11-13-3-1-4-14(9-13)16-10-20-22-17(6-7-19-18(16)22)21-8-2-5-15(21)12-24/h1,3-4,6-7,9-10,15,23-24H,2,5,8,11-12H2/t15-/m0/s1. The van der Waals surface area contributed by atoms with Crippen LogP contribution in [0.15, 0.2) is 42.7 Å². The van der Waals surface area contributed by atoms with Crippen LogP contribution >= 0.6 is 0 Å². The molecule has 3 aromatic rings. The van der Waals surface area contributed by atoms with Crippen molar-refractivity contribution in [1.29, 1.82) is 0 Å². The lowest BCUT2D eigenvalue weighted by Gasteiger charge is -2.25. The maximum Gasteiger partial charge on any atom is 0.165 e. The maximum absolute atomic E-state index is 9.60. The molecular formula is C18H20N4O2. The Kier molecular flexibility index (Phi) is 3.92. The van der Waals surface area contributed by atoms with Crippen molar-refractivity contribution < 1.29 is 10.2 Å². The molecule has 2 aromatic heterocycles. The molecule has 3 heterocycles. The van der Waals surface area contributed by atoms with E-state index in [0.29, 0.717) is 0 Å². The minimum Gasteiger partial charge on any atom is -0.394 e. The number of nitrogens with zero attached hydrogens (tertiary/aromatic N) is 4. The Morgan fingerprint density at radius 1 is 1.21 bits per heavy atom. The summed E-state index contributed by atoms with van der Waals surface area (Å²) in [5.41, 5.74) is 3.57. The second-order valence-corrected chi connectivity index (χ2v) is 6.13. The molecule has 1 aliphatic heterocycles. The highest BCUT2D eigenvalue weighted by Crippen LogP contribution is 2.29. The van der Waals surface area contributed by atoms with Crippen LogP contribution in [0.4, 0.5) is 5.82 Å². The number of aromatic nitrogens is 3. The number of hydrogen-bond acceptors (Lipinski definition) is 5. The van der Waals surface area contributed by atoms with Crippen LogP contribution in [0.3, 0.4) is 0 Å². The second-order valence-electron chi connectivity index (χ2n) is 6.13. The average molecular weight is 324 g/mol. The third-order valence-corrected chi connectivity index (χ3v) is 4.68. The van der Waals surface area contributed by atoms with Gasteiger partial charge in [0.2, 0.25) is 0 Å². The molecule has 0 radical (unpaired) electrons. The zero-order valence-electron chi connectivity index (χ0n) is 13.3. The molecule has 1 aromatic carbocycles. The topological polar surface area (TPSA) is 73.9 Å². The van der Waals surface area contributed by atoms with Crippen molar-refractivity contribution in [2.45, 2.75) is 25.5 Å². The molecule has 24 heavy (non-hydrogen) atoms. The van der Waals surface area contributed by atoms with E-state index in [1.54, 1.807) is 6.20 Å². The van der Waals surface area contributed by atoms with E-state index in [1.807, 2.05) is 41.0 Å². The summed E-state index contributed by atoms with van der Waals surface area (Å²) in [5.74, 6) is 0.959. The fraction of sp³-hybridized carbons (Fsp3) is 0.333. The van der Waals surface area contributed by atoms with Gasteiger partial charge in [0.25, 0.3) is 0 Å². The van der Waals surface area contributed by atoms with Crippen molar-refractivity contribution in [3.05, 3.63) is 48.3 Å². The number of aliphatic hydroxyl groups is 2. The SMILES string of the molecule is OCc1cccc(-c2cnn3c(N4CCC[C@H]4CO)ccnc23)c1. The lowest BCUT2D eigenvalue weighted by molar-refractivity contribution is 0.265. The lowest BCUT2D eigenvalue weighted by Crippen LogP contribution is -2.33. The van der Waals surface area contributed by atoms with Gasteiger partial charge in [0, 0.05) is 18.3 Å². The molecule has 1 saturated heterocycles. The number of anilines is 1. The molecule has 4 rings (SSSR count). The van der Waals surface area contributed by atoms with Gasteiger partial charge in [0.15, 0.2) is 5.65 Å². The lowest BCUT2D eigenvalue weighted by atomic mass is 10.1. The highest BCUT2D eigenvalue weighted by atomic mass is 16.3. The molecule has 0 aliphatic carbocycles. The van der Waals surface area contributed by atoms with E-state index in [9.17, 15) is 10.2 Å². The predicted octanol–water partition coefficient (Wildman–Crippen LogP) is 1.85. The first-order valence-corrected chi connectivity index (χ1v) is 8.22. The predicted molar refractivity (Wildman–Crippen MR) is 91.8 cm³/mol. The van der Waals surface area contributed by atoms with Crippen LogP contribution in [0.1, 0.15) is 18.4 Å². The summed E-state index contributed by atoms with van der Waals surface area (Å²) in [7, 11) is 0. The minimum absolute atomic E-state index is 0.0116. The van der Waals surface area contributed by atoms with Crippen molar-refractivity contribution >= 4 is 11.5 Å². The molecule has 124 valence electrons. The number of benzene rings is 1. The van der Waals surface area contributed by atoms with E-state index in [0.717, 1.165) is 47.5 Å². The molecule has 0 bridgehead atoms. The number of fused-ring (bicyclic) bond motifs is 1. The van der Waals surface area contributed by atoms with E-state index in [1.165, 1.54) is 0 Å². The summed E-state index contributed by atoms with van der Waals surface area (Å²) in [4.78, 5) is 6.71. The first-order valence-electron chi connectivity index (χ1n) is 8.22. The van der Waals surface area contributed by atoms with E-state index in [2.05, 4.69) is 15.0 Å². The average Bonchev–Trinajstić information content (AvgIpc) is 3.28. The molecule has 6 heteroatoms. The van der Waals surface area contributed by atoms with Gasteiger partial charge in [-0.15, -0.1) is 0 Å². The van der Waals surface area contributed by atoms with Crippen LogP contribution < -0.4 is 4.90 Å². The zero-order chi connectivity index (χ0) is 16.5. The highest BCUT2D eigenvalue weighted by molar-refractivity contribution is 5.78. The summed E-state index contributed by atoms with van der Waals surface area (Å²) in [6, 6.07) is 9.86. The molecule has 0 amide bonds. The molecule has 0 spiro atoms. The van der Waals surface area contributed by atoms with Crippen molar-refractivity contribution in [1.82, 2.24) is 14.6 Å². The van der Waals surface area contributed by atoms with Crippen molar-refractivity contribution in [2.24, 2.45) is 0 Å². The summed E-state index contributed by atoms with van der Waals surface area (Å²) in [6.07, 6.45) is 5.67. The summed E-state index contributed by atoms with van der Waals surface area (Å²) in [5, 5.41) is 23.5. The van der Waals surface area contributed by atoms with Crippen molar-refractivity contribution in [3.8, 4) is 11.1 Å². The highest BCUT2D eigenvalue weighted by Gasteiger charge is 2.26. The third-order valence-electron chi connectivity index (χ3n) is 4.68. The van der Waals surface area contributed by atoms with Crippen LogP contribution in [0, 0.1) is 0 Å². The van der Waals surface area contributed by atoms with Crippen molar-refractivity contribution in [2.75, 3.05) is 18.1 Å². The van der Waals surface area contributed by atoms with Gasteiger partial charge >= 0.3 is 0 Å². The van der Waals surface area contributed by atoms with Crippen LogP contribution in [0.5, 0.6) is 0 Å². The van der Waals surface area contributed by atoms with E-state index in [-0.39, 0.29) is 19.3 Å². The summed E-state index contributed by atoms with van der Waals surface area (Å²) < 4.78 is 1.84. The van der Waals surface area contributed by atoms with Gasteiger partial charge in [-0.3, -0.25) is 0 Å². The Labute approximate surface area is 140 Å². The first kappa shape index (κ1) is 15.1. The fourth-order valence-electron chi connectivity index (χ4n) is 3.46. The van der Waals surface area contributed by atoms with Gasteiger partial charge in [0.1, 0.15) is 5.82 Å². The van der Waals surface area contributed by atoms with Gasteiger partial charge in [0.05, 0.1) is 25.5 Å². The second kappa shape index (κ2) is 6.22. The van der Waals surface area contributed by atoms with E-state index in [4.69, 9.17) is 0 Å². The number of hydrogen-bond donors (Lipinski definition) is 2. The Hall–Kier alpha value is -2.44. The van der Waals surface area contributed by atoms with Crippen molar-refractivity contribution in [3.63, 3.8) is 0 Å².